The number of hydrogen-bond donors (Lipinski definition) is 1. The summed E-state index contributed by atoms with van der Waals surface area (Å²) >= 11 is 0. The van der Waals surface area contributed by atoms with Gasteiger partial charge in [0.2, 0.25) is 0 Å². The monoisotopic (exact) mass is 277 g/mol. The van der Waals surface area contributed by atoms with Crippen LogP contribution in [-0.4, -0.2) is 28.3 Å². The first-order chi connectivity index (χ1) is 9.83. The fourth-order valence-corrected chi connectivity index (χ4v) is 3.55. The van der Waals surface area contributed by atoms with Gasteiger partial charge in [0.15, 0.2) is 0 Å². The van der Waals surface area contributed by atoms with Crippen LogP contribution in [0, 0.1) is 0 Å². The van der Waals surface area contributed by atoms with Crippen LogP contribution < -0.4 is 5.32 Å². The molecule has 4 nitrogen and oxygen atoms in total. The second kappa shape index (κ2) is 6.72. The van der Waals surface area contributed by atoms with Gasteiger partial charge in [-0.05, 0) is 39.0 Å². The van der Waals surface area contributed by atoms with Crippen molar-refractivity contribution >= 4 is 0 Å². The Balaban J connectivity index is 1.53. The van der Waals surface area contributed by atoms with E-state index in [1.54, 1.807) is 0 Å². The van der Waals surface area contributed by atoms with Crippen LogP contribution in [-0.2, 0) is 11.3 Å². The summed E-state index contributed by atoms with van der Waals surface area (Å²) in [5.41, 5.74) is 1.33. The van der Waals surface area contributed by atoms with E-state index in [4.69, 9.17) is 4.74 Å². The van der Waals surface area contributed by atoms with Gasteiger partial charge in [-0.3, -0.25) is 0 Å². The van der Waals surface area contributed by atoms with Gasteiger partial charge in [0.05, 0.1) is 24.7 Å². The molecule has 0 radical (unpaired) electrons. The number of aromatic nitrogens is 2. The highest BCUT2D eigenvalue weighted by Crippen LogP contribution is 2.25. The maximum Gasteiger partial charge on any atom is 0.0949 e. The molecule has 1 saturated heterocycles. The molecule has 1 aliphatic carbocycles. The fraction of sp³-hybridized carbons (Fsp3) is 0.812. The van der Waals surface area contributed by atoms with Crippen molar-refractivity contribution in [1.82, 2.24) is 14.9 Å². The molecule has 2 fully saturated rings. The van der Waals surface area contributed by atoms with Crippen molar-refractivity contribution in [3.8, 4) is 0 Å². The van der Waals surface area contributed by atoms with E-state index in [0.717, 1.165) is 13.2 Å². The maximum absolute atomic E-state index is 5.97. The lowest BCUT2D eigenvalue weighted by atomic mass is 9.97. The zero-order chi connectivity index (χ0) is 13.8. The van der Waals surface area contributed by atoms with Gasteiger partial charge in [0.25, 0.3) is 0 Å². The van der Waals surface area contributed by atoms with Crippen molar-refractivity contribution in [1.29, 1.82) is 0 Å². The molecule has 2 unspecified atom stereocenters. The van der Waals surface area contributed by atoms with Gasteiger partial charge in [-0.25, -0.2) is 4.98 Å². The minimum absolute atomic E-state index is 0.465. The van der Waals surface area contributed by atoms with Crippen molar-refractivity contribution < 1.29 is 4.74 Å². The molecule has 2 heterocycles. The molecule has 1 saturated carbocycles. The molecule has 2 atom stereocenters. The number of nitrogens with one attached hydrogen (secondary N) is 1. The topological polar surface area (TPSA) is 39.1 Å². The number of imidazole rings is 1. The molecule has 0 amide bonds. The number of piperidine rings is 1. The average Bonchev–Trinajstić information content (AvgIpc) is 3.10. The predicted molar refractivity (Wildman–Crippen MR) is 79.6 cm³/mol. The van der Waals surface area contributed by atoms with Crippen LogP contribution in [0.4, 0.5) is 0 Å². The number of nitrogens with zero attached hydrogens (tertiary/aromatic N) is 2. The zero-order valence-corrected chi connectivity index (χ0v) is 12.6. The Morgan fingerprint density at radius 3 is 2.90 bits per heavy atom. The van der Waals surface area contributed by atoms with Crippen LogP contribution in [0.5, 0.6) is 0 Å². The van der Waals surface area contributed by atoms with E-state index in [-0.39, 0.29) is 0 Å². The summed E-state index contributed by atoms with van der Waals surface area (Å²) in [5, 5.41) is 3.69. The first-order valence-electron chi connectivity index (χ1n) is 8.20. The minimum Gasteiger partial charge on any atom is -0.376 e. The van der Waals surface area contributed by atoms with Gasteiger partial charge < -0.3 is 14.6 Å². The molecule has 0 spiro atoms. The lowest BCUT2D eigenvalue weighted by Crippen LogP contribution is -2.35. The molecule has 112 valence electrons. The van der Waals surface area contributed by atoms with Crippen LogP contribution in [0.3, 0.4) is 0 Å². The molecule has 0 bridgehead atoms. The molecule has 3 rings (SSSR count). The maximum atomic E-state index is 5.97. The molecule has 20 heavy (non-hydrogen) atoms. The molecule has 1 aromatic rings. The van der Waals surface area contributed by atoms with Crippen LogP contribution in [0.15, 0.2) is 12.5 Å². The Hall–Kier alpha value is -0.870. The fourth-order valence-electron chi connectivity index (χ4n) is 3.55. The van der Waals surface area contributed by atoms with E-state index in [9.17, 15) is 0 Å². The van der Waals surface area contributed by atoms with Gasteiger partial charge in [-0.1, -0.05) is 12.8 Å². The lowest BCUT2D eigenvalue weighted by molar-refractivity contribution is 0.0523. The van der Waals surface area contributed by atoms with Crippen LogP contribution >= 0.6 is 0 Å². The summed E-state index contributed by atoms with van der Waals surface area (Å²) in [4.78, 5) is 4.34. The first-order valence-corrected chi connectivity index (χ1v) is 8.20. The van der Waals surface area contributed by atoms with Gasteiger partial charge in [0.1, 0.15) is 0 Å². The van der Waals surface area contributed by atoms with E-state index < -0.39 is 0 Å². The second-order valence-corrected chi connectivity index (χ2v) is 6.34. The quantitative estimate of drug-likeness (QED) is 0.899. The third-order valence-electron chi connectivity index (χ3n) is 4.71. The van der Waals surface area contributed by atoms with Crippen LogP contribution in [0.1, 0.15) is 63.6 Å². The summed E-state index contributed by atoms with van der Waals surface area (Å²) < 4.78 is 8.24. The Kier molecular flexibility index (Phi) is 4.73. The molecule has 1 N–H and O–H groups in total. The Morgan fingerprint density at radius 1 is 1.25 bits per heavy atom. The third-order valence-corrected chi connectivity index (χ3v) is 4.71. The highest BCUT2D eigenvalue weighted by atomic mass is 16.5. The van der Waals surface area contributed by atoms with E-state index in [1.807, 2.05) is 12.5 Å². The summed E-state index contributed by atoms with van der Waals surface area (Å²) in [6, 6.07) is 1.08. The predicted octanol–water partition coefficient (Wildman–Crippen LogP) is 3.05. The van der Waals surface area contributed by atoms with E-state index in [1.165, 1.54) is 50.6 Å². The van der Waals surface area contributed by atoms with E-state index in [2.05, 4.69) is 21.8 Å². The summed E-state index contributed by atoms with van der Waals surface area (Å²) in [6.07, 6.45) is 13.5. The Bertz CT molecular complexity index is 412. The van der Waals surface area contributed by atoms with Crippen molar-refractivity contribution in [3.63, 3.8) is 0 Å². The number of ether oxygens (including phenoxy) is 1. The summed E-state index contributed by atoms with van der Waals surface area (Å²) in [5.74, 6) is 0. The largest absolute Gasteiger partial charge is 0.376 e. The van der Waals surface area contributed by atoms with Crippen molar-refractivity contribution in [2.75, 3.05) is 6.61 Å². The highest BCUT2D eigenvalue weighted by Gasteiger charge is 2.22. The lowest BCUT2D eigenvalue weighted by Gasteiger charge is -2.29. The SMILES string of the molecule is CC1CCCC(c2cncn2CCOC2CCCC2)N1. The molecule has 2 aliphatic rings. The van der Waals surface area contributed by atoms with Gasteiger partial charge in [0, 0.05) is 24.8 Å². The van der Waals surface area contributed by atoms with Crippen LogP contribution in [0.2, 0.25) is 0 Å². The van der Waals surface area contributed by atoms with Gasteiger partial charge >= 0.3 is 0 Å². The second-order valence-electron chi connectivity index (χ2n) is 6.34. The number of hydrogen-bond acceptors (Lipinski definition) is 3. The Labute approximate surface area is 121 Å². The molecule has 1 aromatic heterocycles. The van der Waals surface area contributed by atoms with E-state index >= 15 is 0 Å². The average molecular weight is 277 g/mol. The Morgan fingerprint density at radius 2 is 2.10 bits per heavy atom. The smallest absolute Gasteiger partial charge is 0.0949 e. The molecular weight excluding hydrogens is 250 g/mol. The standard InChI is InChI=1S/C16H27N3O/c1-13-5-4-8-15(18-13)16-11-17-12-19(16)9-10-20-14-6-2-3-7-14/h11-15,18H,2-10H2,1H3. The highest BCUT2D eigenvalue weighted by molar-refractivity contribution is 5.07. The van der Waals surface area contributed by atoms with Gasteiger partial charge in [-0.15, -0.1) is 0 Å². The summed E-state index contributed by atoms with van der Waals surface area (Å²) in [6.45, 7) is 4.02. The number of rotatable bonds is 5. The zero-order valence-electron chi connectivity index (χ0n) is 12.6. The van der Waals surface area contributed by atoms with Crippen molar-refractivity contribution in [2.24, 2.45) is 0 Å². The molecule has 1 aliphatic heterocycles. The van der Waals surface area contributed by atoms with Gasteiger partial charge in [-0.2, -0.15) is 0 Å². The summed E-state index contributed by atoms with van der Waals surface area (Å²) in [7, 11) is 0. The van der Waals surface area contributed by atoms with Crippen molar-refractivity contribution in [3.05, 3.63) is 18.2 Å². The van der Waals surface area contributed by atoms with Crippen LogP contribution in [0.25, 0.3) is 0 Å². The third kappa shape index (κ3) is 3.41. The first kappa shape index (κ1) is 14.1. The molecular formula is C16H27N3O. The van der Waals surface area contributed by atoms with E-state index in [0.29, 0.717) is 18.2 Å². The molecule has 0 aromatic carbocycles. The normalized spacial score (nSPS) is 28.1. The minimum atomic E-state index is 0.465. The van der Waals surface area contributed by atoms with Crippen molar-refractivity contribution in [2.45, 2.75) is 76.6 Å². The molecule has 4 heteroatoms.